The number of carbonyl (C=O) groups is 2. The highest BCUT2D eigenvalue weighted by Gasteiger charge is 2.20. The minimum atomic E-state index is -0.766. The number of aromatic nitrogens is 1. The summed E-state index contributed by atoms with van der Waals surface area (Å²) in [5, 5.41) is 14.0. The van der Waals surface area contributed by atoms with Crippen molar-refractivity contribution in [3.8, 4) is 0 Å². The van der Waals surface area contributed by atoms with E-state index in [4.69, 9.17) is 4.74 Å². The minimum absolute atomic E-state index is 0.0826. The molecule has 0 radical (unpaired) electrons. The van der Waals surface area contributed by atoms with E-state index in [1.54, 1.807) is 32.0 Å². The van der Waals surface area contributed by atoms with Crippen LogP contribution in [0.2, 0.25) is 0 Å². The zero-order valence-corrected chi connectivity index (χ0v) is 17.5. The van der Waals surface area contributed by atoms with Crippen LogP contribution in [0.25, 0.3) is 0 Å². The highest BCUT2D eigenvalue weighted by Crippen LogP contribution is 2.27. The third-order valence-electron chi connectivity index (χ3n) is 4.32. The number of carbonyl (C=O) groups excluding carboxylic acids is 2. The summed E-state index contributed by atoms with van der Waals surface area (Å²) in [6.07, 6.45) is 0.315. The maximum Gasteiger partial charge on any atom is 0.338 e. The first kappa shape index (κ1) is 22.0. The van der Waals surface area contributed by atoms with Gasteiger partial charge in [0.05, 0.1) is 22.8 Å². The van der Waals surface area contributed by atoms with Crippen molar-refractivity contribution in [1.82, 2.24) is 4.98 Å². The number of rotatable bonds is 7. The van der Waals surface area contributed by atoms with E-state index in [2.05, 4.69) is 10.3 Å². The van der Waals surface area contributed by atoms with Crippen molar-refractivity contribution in [2.75, 3.05) is 11.9 Å². The number of aryl methyl sites for hydroxylation is 1. The van der Waals surface area contributed by atoms with E-state index in [1.165, 1.54) is 23.5 Å². The maximum absolute atomic E-state index is 13.9. The predicted octanol–water partition coefficient (Wildman–Crippen LogP) is 4.52. The van der Waals surface area contributed by atoms with E-state index in [0.29, 0.717) is 17.7 Å². The molecule has 0 atom stereocenters. The Hall–Kier alpha value is -3.66. The van der Waals surface area contributed by atoms with Crippen LogP contribution < -0.4 is 5.32 Å². The highest BCUT2D eigenvalue weighted by molar-refractivity contribution is 7.15. The van der Waals surface area contributed by atoms with Gasteiger partial charge in [-0.3, -0.25) is 20.2 Å². The fraction of sp³-hybridized carbons (Fsp3) is 0.190. The van der Waals surface area contributed by atoms with Gasteiger partial charge in [0, 0.05) is 29.0 Å². The number of nitro groups is 1. The van der Waals surface area contributed by atoms with Crippen LogP contribution in [0.15, 0.2) is 42.5 Å². The second-order valence-corrected chi connectivity index (χ2v) is 7.58. The summed E-state index contributed by atoms with van der Waals surface area (Å²) in [4.78, 5) is 40.2. The lowest BCUT2D eigenvalue weighted by Crippen LogP contribution is -2.14. The Bertz CT molecular complexity index is 1160. The fourth-order valence-electron chi connectivity index (χ4n) is 2.81. The molecule has 2 aromatic carbocycles. The summed E-state index contributed by atoms with van der Waals surface area (Å²) in [6, 6.07) is 9.73. The van der Waals surface area contributed by atoms with Crippen molar-refractivity contribution >= 4 is 34.0 Å². The number of nitro benzene ring substituents is 1. The molecule has 0 aliphatic heterocycles. The van der Waals surface area contributed by atoms with Gasteiger partial charge in [0.25, 0.3) is 11.6 Å². The Morgan fingerprint density at radius 2 is 1.94 bits per heavy atom. The number of benzene rings is 2. The van der Waals surface area contributed by atoms with Crippen molar-refractivity contribution in [2.45, 2.75) is 20.3 Å². The Balaban J connectivity index is 1.84. The summed E-state index contributed by atoms with van der Waals surface area (Å²) in [5.41, 5.74) is 0.545. The normalized spacial score (nSPS) is 10.5. The standard InChI is InChI=1S/C21H18FN3O5S/c1-3-30-20(27)15-8-14(9-16(10-15)25(28)29)19(26)24-21-23-12(2)18(31-21)11-13-6-4-5-7-17(13)22/h4-10H,3,11H2,1-2H3,(H,23,24,26). The Labute approximate surface area is 180 Å². The number of hydrogen-bond acceptors (Lipinski definition) is 7. The molecule has 1 amide bonds. The van der Waals surface area contributed by atoms with Crippen LogP contribution >= 0.6 is 11.3 Å². The van der Waals surface area contributed by atoms with E-state index in [0.717, 1.165) is 17.0 Å². The molecule has 3 rings (SSSR count). The van der Waals surface area contributed by atoms with Gasteiger partial charge in [0.1, 0.15) is 5.82 Å². The number of non-ortho nitro benzene ring substituents is 1. The first-order valence-electron chi connectivity index (χ1n) is 9.26. The molecule has 0 aliphatic rings. The van der Waals surface area contributed by atoms with Crippen LogP contribution in [-0.4, -0.2) is 28.4 Å². The van der Waals surface area contributed by atoms with E-state index < -0.39 is 22.5 Å². The van der Waals surface area contributed by atoms with Crippen LogP contribution in [-0.2, 0) is 11.2 Å². The molecule has 0 unspecified atom stereocenters. The van der Waals surface area contributed by atoms with Crippen LogP contribution in [0.1, 0.15) is 43.8 Å². The van der Waals surface area contributed by atoms with Gasteiger partial charge in [0.15, 0.2) is 5.13 Å². The maximum atomic E-state index is 13.9. The molecule has 3 aromatic rings. The summed E-state index contributed by atoms with van der Waals surface area (Å²) in [5.74, 6) is -1.76. The highest BCUT2D eigenvalue weighted by atomic mass is 32.1. The predicted molar refractivity (Wildman–Crippen MR) is 113 cm³/mol. The van der Waals surface area contributed by atoms with Gasteiger partial charge >= 0.3 is 5.97 Å². The number of halogens is 1. The lowest BCUT2D eigenvalue weighted by Gasteiger charge is -2.06. The molecule has 0 fully saturated rings. The summed E-state index contributed by atoms with van der Waals surface area (Å²) in [6.45, 7) is 3.44. The third-order valence-corrected chi connectivity index (χ3v) is 5.40. The second kappa shape index (κ2) is 9.43. The summed E-state index contributed by atoms with van der Waals surface area (Å²) >= 11 is 1.18. The summed E-state index contributed by atoms with van der Waals surface area (Å²) in [7, 11) is 0. The van der Waals surface area contributed by atoms with Gasteiger partial charge < -0.3 is 4.74 Å². The van der Waals surface area contributed by atoms with E-state index in [-0.39, 0.29) is 28.7 Å². The molecule has 160 valence electrons. The average molecular weight is 443 g/mol. The monoisotopic (exact) mass is 443 g/mol. The van der Waals surface area contributed by atoms with Crippen LogP contribution in [0.5, 0.6) is 0 Å². The zero-order valence-electron chi connectivity index (χ0n) is 16.7. The van der Waals surface area contributed by atoms with Gasteiger partial charge in [-0.25, -0.2) is 14.2 Å². The number of thiazole rings is 1. The minimum Gasteiger partial charge on any atom is -0.462 e. The van der Waals surface area contributed by atoms with Crippen molar-refractivity contribution in [3.63, 3.8) is 0 Å². The Morgan fingerprint density at radius 1 is 1.23 bits per heavy atom. The molecule has 0 saturated carbocycles. The SMILES string of the molecule is CCOC(=O)c1cc(C(=O)Nc2nc(C)c(Cc3ccccc3F)s2)cc([N+](=O)[O-])c1. The molecule has 1 heterocycles. The smallest absolute Gasteiger partial charge is 0.338 e. The molecular formula is C21H18FN3O5S. The number of hydrogen-bond donors (Lipinski definition) is 1. The largest absolute Gasteiger partial charge is 0.462 e. The molecule has 0 bridgehead atoms. The summed E-state index contributed by atoms with van der Waals surface area (Å²) < 4.78 is 18.8. The number of ether oxygens (including phenoxy) is 1. The quantitative estimate of drug-likeness (QED) is 0.326. The van der Waals surface area contributed by atoms with Crippen molar-refractivity contribution in [3.05, 3.63) is 85.7 Å². The van der Waals surface area contributed by atoms with Crippen LogP contribution in [0.4, 0.5) is 15.2 Å². The van der Waals surface area contributed by atoms with Crippen LogP contribution in [0.3, 0.4) is 0 Å². The molecule has 31 heavy (non-hydrogen) atoms. The van der Waals surface area contributed by atoms with Crippen molar-refractivity contribution in [2.24, 2.45) is 0 Å². The Kier molecular flexibility index (Phi) is 6.71. The van der Waals surface area contributed by atoms with Gasteiger partial charge in [-0.2, -0.15) is 0 Å². The van der Waals surface area contributed by atoms with Gasteiger partial charge in [-0.15, -0.1) is 11.3 Å². The Morgan fingerprint density at radius 3 is 2.61 bits per heavy atom. The first-order valence-corrected chi connectivity index (χ1v) is 10.1. The molecule has 0 saturated heterocycles. The number of amides is 1. The van der Waals surface area contributed by atoms with Crippen molar-refractivity contribution in [1.29, 1.82) is 0 Å². The van der Waals surface area contributed by atoms with Crippen LogP contribution in [0, 0.1) is 22.9 Å². The lowest BCUT2D eigenvalue weighted by molar-refractivity contribution is -0.384. The number of nitrogens with zero attached hydrogens (tertiary/aromatic N) is 2. The van der Waals surface area contributed by atoms with Gasteiger partial charge in [0.2, 0.25) is 0 Å². The topological polar surface area (TPSA) is 111 Å². The molecular weight excluding hydrogens is 425 g/mol. The molecule has 0 aliphatic carbocycles. The third kappa shape index (κ3) is 5.28. The zero-order chi connectivity index (χ0) is 22.5. The molecule has 0 spiro atoms. The number of esters is 1. The lowest BCUT2D eigenvalue weighted by atomic mass is 10.1. The van der Waals surface area contributed by atoms with Crippen molar-refractivity contribution < 1.29 is 23.6 Å². The molecule has 8 nitrogen and oxygen atoms in total. The molecule has 1 aromatic heterocycles. The van der Waals surface area contributed by atoms with E-state index >= 15 is 0 Å². The number of nitrogens with one attached hydrogen (secondary N) is 1. The van der Waals surface area contributed by atoms with Gasteiger partial charge in [-0.05, 0) is 31.5 Å². The fourth-order valence-corrected chi connectivity index (χ4v) is 3.79. The van der Waals surface area contributed by atoms with E-state index in [9.17, 15) is 24.1 Å². The molecule has 1 N–H and O–H groups in total. The van der Waals surface area contributed by atoms with Gasteiger partial charge in [-0.1, -0.05) is 18.2 Å². The van der Waals surface area contributed by atoms with E-state index in [1.807, 2.05) is 0 Å². The number of anilines is 1. The first-order chi connectivity index (χ1) is 14.8. The molecule has 10 heteroatoms. The second-order valence-electron chi connectivity index (χ2n) is 6.50. The average Bonchev–Trinajstić information content (AvgIpc) is 3.08.